The first-order valence-corrected chi connectivity index (χ1v) is 11.0. The molecule has 0 saturated carbocycles. The van der Waals surface area contributed by atoms with Crippen molar-refractivity contribution in [2.24, 2.45) is 0 Å². The number of halogens is 1. The van der Waals surface area contributed by atoms with Gasteiger partial charge in [-0.2, -0.15) is 0 Å². The third-order valence-corrected chi connectivity index (χ3v) is 6.31. The van der Waals surface area contributed by atoms with E-state index in [1.807, 2.05) is 35.7 Å². The Balaban J connectivity index is 1.60. The fourth-order valence-electron chi connectivity index (χ4n) is 2.96. The Labute approximate surface area is 176 Å². The number of thiazole rings is 1. The summed E-state index contributed by atoms with van der Waals surface area (Å²) in [6.45, 7) is 0.398. The van der Waals surface area contributed by atoms with Crippen molar-refractivity contribution >= 4 is 40.0 Å². The van der Waals surface area contributed by atoms with Gasteiger partial charge in [-0.05, 0) is 29.8 Å². The van der Waals surface area contributed by atoms with E-state index in [9.17, 15) is 14.0 Å². The molecule has 148 valence electrons. The lowest BCUT2D eigenvalue weighted by atomic mass is 10.2. The zero-order valence-corrected chi connectivity index (χ0v) is 17.1. The van der Waals surface area contributed by atoms with E-state index >= 15 is 0 Å². The van der Waals surface area contributed by atoms with E-state index in [4.69, 9.17) is 0 Å². The van der Waals surface area contributed by atoms with Crippen LogP contribution in [0, 0.1) is 5.82 Å². The largest absolute Gasteiger partial charge is 0.323 e. The fraction of sp³-hybridized carbons (Fsp3) is 0.190. The topological polar surface area (TPSA) is 53.5 Å². The molecule has 0 aliphatic carbocycles. The van der Waals surface area contributed by atoms with Crippen LogP contribution in [0.25, 0.3) is 11.3 Å². The highest BCUT2D eigenvalue weighted by molar-refractivity contribution is 8.00. The predicted molar refractivity (Wildman–Crippen MR) is 114 cm³/mol. The second-order valence-electron chi connectivity index (χ2n) is 6.56. The van der Waals surface area contributed by atoms with Crippen molar-refractivity contribution < 1.29 is 14.0 Å². The van der Waals surface area contributed by atoms with Gasteiger partial charge in [0.2, 0.25) is 11.8 Å². The van der Waals surface area contributed by atoms with Gasteiger partial charge in [0.25, 0.3) is 0 Å². The number of rotatable bonds is 6. The lowest BCUT2D eigenvalue weighted by molar-refractivity contribution is -0.131. The molecule has 3 aromatic rings. The van der Waals surface area contributed by atoms with E-state index in [2.05, 4.69) is 4.98 Å². The smallest absolute Gasteiger partial charge is 0.248 e. The van der Waals surface area contributed by atoms with Gasteiger partial charge in [-0.1, -0.05) is 30.3 Å². The Morgan fingerprint density at radius 2 is 1.90 bits per heavy atom. The molecule has 2 heterocycles. The third kappa shape index (κ3) is 4.65. The Morgan fingerprint density at radius 3 is 2.59 bits per heavy atom. The van der Waals surface area contributed by atoms with E-state index in [0.717, 1.165) is 11.1 Å². The molecule has 4 rings (SSSR count). The molecule has 29 heavy (non-hydrogen) atoms. The highest BCUT2D eigenvalue weighted by Gasteiger charge is 2.27. The highest BCUT2D eigenvalue weighted by atomic mass is 32.2. The van der Waals surface area contributed by atoms with Crippen LogP contribution in [-0.2, 0) is 16.1 Å². The molecule has 1 saturated heterocycles. The summed E-state index contributed by atoms with van der Waals surface area (Å²) >= 11 is 2.86. The predicted octanol–water partition coefficient (Wildman–Crippen LogP) is 4.02. The Hall–Kier alpha value is -2.71. The number of carbonyl (C=O) groups is 2. The molecule has 0 unspecified atom stereocenters. The molecule has 0 bridgehead atoms. The fourth-order valence-corrected chi connectivity index (χ4v) is 4.71. The molecular weight excluding hydrogens is 409 g/mol. The van der Waals surface area contributed by atoms with Gasteiger partial charge in [-0.15, -0.1) is 23.1 Å². The van der Waals surface area contributed by atoms with E-state index in [-0.39, 0.29) is 24.2 Å². The lowest BCUT2D eigenvalue weighted by Gasteiger charge is -2.23. The number of carbonyl (C=O) groups excluding carboxylic acids is 2. The summed E-state index contributed by atoms with van der Waals surface area (Å²) in [5.74, 6) is 0.442. The van der Waals surface area contributed by atoms with Crippen molar-refractivity contribution in [3.05, 3.63) is 71.4 Å². The lowest BCUT2D eigenvalue weighted by Crippen LogP contribution is -2.41. The summed E-state index contributed by atoms with van der Waals surface area (Å²) in [5, 5.41) is 2.41. The van der Waals surface area contributed by atoms with Gasteiger partial charge in [-0.25, -0.2) is 9.37 Å². The van der Waals surface area contributed by atoms with E-state index in [0.29, 0.717) is 29.0 Å². The summed E-state index contributed by atoms with van der Waals surface area (Å²) in [5.41, 5.74) is 2.44. The first kappa shape index (κ1) is 19.6. The third-order valence-electron chi connectivity index (χ3n) is 4.50. The molecule has 0 N–H and O–H groups in total. The van der Waals surface area contributed by atoms with Crippen molar-refractivity contribution in [3.63, 3.8) is 0 Å². The van der Waals surface area contributed by atoms with Crippen LogP contribution in [0.4, 0.5) is 9.52 Å². The van der Waals surface area contributed by atoms with E-state index in [1.165, 1.54) is 35.2 Å². The maximum Gasteiger partial charge on any atom is 0.248 e. The van der Waals surface area contributed by atoms with Crippen LogP contribution in [0.3, 0.4) is 0 Å². The van der Waals surface area contributed by atoms with E-state index < -0.39 is 0 Å². The van der Waals surface area contributed by atoms with Gasteiger partial charge in [0.05, 0.1) is 23.9 Å². The average Bonchev–Trinajstić information content (AvgIpc) is 3.37. The minimum atomic E-state index is -0.307. The van der Waals surface area contributed by atoms with Crippen molar-refractivity contribution in [1.82, 2.24) is 9.88 Å². The summed E-state index contributed by atoms with van der Waals surface area (Å²) in [6, 6.07) is 15.8. The van der Waals surface area contributed by atoms with Gasteiger partial charge >= 0.3 is 0 Å². The number of benzene rings is 2. The number of hydrogen-bond donors (Lipinski definition) is 0. The Bertz CT molecular complexity index is 1010. The van der Waals surface area contributed by atoms with Gasteiger partial charge in [-0.3, -0.25) is 14.5 Å². The molecule has 0 atom stereocenters. The molecule has 2 amide bonds. The molecule has 0 radical (unpaired) electrons. The molecule has 8 heteroatoms. The minimum Gasteiger partial charge on any atom is -0.323 e. The number of aromatic nitrogens is 1. The van der Waals surface area contributed by atoms with Gasteiger partial charge < -0.3 is 4.90 Å². The molecule has 1 aliphatic rings. The highest BCUT2D eigenvalue weighted by Crippen LogP contribution is 2.29. The standard InChI is InChI=1S/C21H18FN3O2S2/c22-17-8-6-16(7-9-17)18-12-29-21(23-18)25(10-15-4-2-1-3-5-15)19(26)11-24-14-28-13-20(24)27/h1-9,12H,10-11,13-14H2. The second-order valence-corrected chi connectivity index (χ2v) is 8.35. The zero-order valence-electron chi connectivity index (χ0n) is 15.5. The second kappa shape index (κ2) is 8.75. The van der Waals surface area contributed by atoms with Crippen LogP contribution in [-0.4, -0.2) is 39.9 Å². The van der Waals surface area contributed by atoms with Crippen molar-refractivity contribution in [3.8, 4) is 11.3 Å². The number of anilines is 1. The maximum atomic E-state index is 13.2. The minimum absolute atomic E-state index is 0.0193. The molecule has 0 spiro atoms. The molecule has 1 fully saturated rings. The van der Waals surface area contributed by atoms with Crippen LogP contribution in [0.5, 0.6) is 0 Å². The van der Waals surface area contributed by atoms with Gasteiger partial charge in [0.1, 0.15) is 12.4 Å². The molecule has 5 nitrogen and oxygen atoms in total. The number of nitrogens with zero attached hydrogens (tertiary/aromatic N) is 3. The SMILES string of the molecule is O=C1CSCN1CC(=O)N(Cc1ccccc1)c1nc(-c2ccc(F)cc2)cs1. The number of amides is 2. The molecule has 1 aromatic heterocycles. The summed E-state index contributed by atoms with van der Waals surface area (Å²) in [4.78, 5) is 32.8. The zero-order chi connectivity index (χ0) is 20.2. The van der Waals surface area contributed by atoms with Gasteiger partial charge in [0.15, 0.2) is 5.13 Å². The summed E-state index contributed by atoms with van der Waals surface area (Å²) in [6.07, 6.45) is 0. The van der Waals surface area contributed by atoms with Crippen LogP contribution >= 0.6 is 23.1 Å². The first-order valence-electron chi connectivity index (χ1n) is 9.01. The van der Waals surface area contributed by atoms with Crippen molar-refractivity contribution in [2.75, 3.05) is 23.1 Å². The maximum absolute atomic E-state index is 13.2. The molecule has 2 aromatic carbocycles. The molecular formula is C21H18FN3O2S2. The average molecular weight is 428 g/mol. The van der Waals surface area contributed by atoms with Crippen molar-refractivity contribution in [2.45, 2.75) is 6.54 Å². The van der Waals surface area contributed by atoms with Crippen LogP contribution in [0.2, 0.25) is 0 Å². The van der Waals surface area contributed by atoms with Crippen molar-refractivity contribution in [1.29, 1.82) is 0 Å². The number of thioether (sulfide) groups is 1. The van der Waals surface area contributed by atoms with Crippen LogP contribution in [0.1, 0.15) is 5.56 Å². The summed E-state index contributed by atoms with van der Waals surface area (Å²) < 4.78 is 13.2. The normalized spacial score (nSPS) is 13.7. The number of hydrogen-bond acceptors (Lipinski definition) is 5. The molecule has 1 aliphatic heterocycles. The van der Waals surface area contributed by atoms with Crippen LogP contribution in [0.15, 0.2) is 60.0 Å². The van der Waals surface area contributed by atoms with Gasteiger partial charge in [0, 0.05) is 10.9 Å². The van der Waals surface area contributed by atoms with Crippen LogP contribution < -0.4 is 4.90 Å². The van der Waals surface area contributed by atoms with E-state index in [1.54, 1.807) is 21.9 Å². The Kier molecular flexibility index (Phi) is 5.92. The first-order chi connectivity index (χ1) is 14.1. The monoisotopic (exact) mass is 427 g/mol. The quantitative estimate of drug-likeness (QED) is 0.596. The Morgan fingerprint density at radius 1 is 1.14 bits per heavy atom. The summed E-state index contributed by atoms with van der Waals surface area (Å²) in [7, 11) is 0.